The topological polar surface area (TPSA) is 59.0 Å². The first kappa shape index (κ1) is 15.5. The molecule has 0 bridgehead atoms. The molecule has 5 heteroatoms. The maximum Gasteiger partial charge on any atom is 0.163 e. The fraction of sp³-hybridized carbons (Fsp3) is 0.588. The summed E-state index contributed by atoms with van der Waals surface area (Å²) in [6.07, 6.45) is 1.84. The summed E-state index contributed by atoms with van der Waals surface area (Å²) in [5, 5.41) is 10.1. The second-order valence-electron chi connectivity index (χ2n) is 5.94. The second-order valence-corrected chi connectivity index (χ2v) is 5.94. The molecule has 0 amide bonds. The van der Waals surface area contributed by atoms with E-state index in [9.17, 15) is 9.90 Å². The zero-order valence-electron chi connectivity index (χ0n) is 12.8. The summed E-state index contributed by atoms with van der Waals surface area (Å²) < 4.78 is 11.1. The summed E-state index contributed by atoms with van der Waals surface area (Å²) >= 11 is 0. The minimum absolute atomic E-state index is 0.195. The molecule has 0 spiro atoms. The smallest absolute Gasteiger partial charge is 0.163 e. The number of Topliss-reactive ketones (excluding diaryl/α,β-unsaturated/α-hetero) is 1. The zero-order valence-corrected chi connectivity index (χ0v) is 12.8. The number of nitrogens with zero attached hydrogens (tertiary/aromatic N) is 1. The Hall–Kier alpha value is -1.43. The number of ketones is 1. The SMILES string of the molecule is O=C1CCCc2c(OCC(O)CN3CCOCC3)cccc21. The van der Waals surface area contributed by atoms with Gasteiger partial charge < -0.3 is 14.6 Å². The lowest BCUT2D eigenvalue weighted by Crippen LogP contribution is -2.42. The molecule has 1 atom stereocenters. The Morgan fingerprint density at radius 3 is 2.91 bits per heavy atom. The lowest BCUT2D eigenvalue weighted by atomic mass is 9.90. The van der Waals surface area contributed by atoms with Gasteiger partial charge in [0.25, 0.3) is 0 Å². The van der Waals surface area contributed by atoms with Gasteiger partial charge in [0.2, 0.25) is 0 Å². The molecule has 0 radical (unpaired) electrons. The first-order chi connectivity index (χ1) is 10.7. The van der Waals surface area contributed by atoms with Gasteiger partial charge in [0, 0.05) is 37.2 Å². The van der Waals surface area contributed by atoms with Crippen molar-refractivity contribution in [3.05, 3.63) is 29.3 Å². The number of hydrogen-bond acceptors (Lipinski definition) is 5. The van der Waals surface area contributed by atoms with Crippen molar-refractivity contribution in [2.45, 2.75) is 25.4 Å². The molecule has 5 nitrogen and oxygen atoms in total. The Balaban J connectivity index is 1.57. The minimum Gasteiger partial charge on any atom is -0.491 e. The van der Waals surface area contributed by atoms with Gasteiger partial charge in [-0.2, -0.15) is 0 Å². The van der Waals surface area contributed by atoms with E-state index in [-0.39, 0.29) is 12.4 Å². The summed E-state index contributed by atoms with van der Waals surface area (Å²) in [5.41, 5.74) is 1.78. The van der Waals surface area contributed by atoms with Crippen LogP contribution in [0.5, 0.6) is 5.75 Å². The Morgan fingerprint density at radius 2 is 2.09 bits per heavy atom. The van der Waals surface area contributed by atoms with Crippen LogP contribution >= 0.6 is 0 Å². The maximum atomic E-state index is 11.9. The molecule has 1 N–H and O–H groups in total. The van der Waals surface area contributed by atoms with Gasteiger partial charge in [-0.3, -0.25) is 9.69 Å². The van der Waals surface area contributed by atoms with E-state index in [0.29, 0.717) is 13.0 Å². The van der Waals surface area contributed by atoms with E-state index in [2.05, 4.69) is 4.90 Å². The van der Waals surface area contributed by atoms with Gasteiger partial charge >= 0.3 is 0 Å². The average Bonchev–Trinajstić information content (AvgIpc) is 2.54. The predicted octanol–water partition coefficient (Wildman–Crippen LogP) is 1.28. The summed E-state index contributed by atoms with van der Waals surface area (Å²) in [6, 6.07) is 5.61. The van der Waals surface area contributed by atoms with E-state index in [1.54, 1.807) is 0 Å². The third-order valence-electron chi connectivity index (χ3n) is 4.27. The van der Waals surface area contributed by atoms with Crippen molar-refractivity contribution in [1.29, 1.82) is 0 Å². The largest absolute Gasteiger partial charge is 0.491 e. The maximum absolute atomic E-state index is 11.9. The number of rotatable bonds is 5. The number of aliphatic hydroxyl groups is 1. The summed E-state index contributed by atoms with van der Waals surface area (Å²) in [6.45, 7) is 4.00. The fourth-order valence-corrected chi connectivity index (χ4v) is 3.10. The Bertz CT molecular complexity index is 525. The van der Waals surface area contributed by atoms with E-state index in [0.717, 1.165) is 56.0 Å². The summed E-state index contributed by atoms with van der Waals surface area (Å²) in [7, 11) is 0. The predicted molar refractivity (Wildman–Crippen MR) is 82.5 cm³/mol. The number of ether oxygens (including phenoxy) is 2. The fourth-order valence-electron chi connectivity index (χ4n) is 3.10. The van der Waals surface area contributed by atoms with Crippen molar-refractivity contribution in [3.63, 3.8) is 0 Å². The number of benzene rings is 1. The number of β-amino-alcohol motifs (C(OH)–C–C–N with tert-alkyl or cyclic N) is 1. The lowest BCUT2D eigenvalue weighted by Gasteiger charge is -2.28. The number of hydrogen-bond donors (Lipinski definition) is 1. The lowest BCUT2D eigenvalue weighted by molar-refractivity contribution is 0.00456. The molecular formula is C17H23NO4. The normalized spacial score (nSPS) is 20.5. The molecule has 1 aliphatic carbocycles. The van der Waals surface area contributed by atoms with Gasteiger partial charge in [-0.15, -0.1) is 0 Å². The van der Waals surface area contributed by atoms with Crippen molar-refractivity contribution in [2.75, 3.05) is 39.5 Å². The first-order valence-corrected chi connectivity index (χ1v) is 8.00. The number of aliphatic hydroxyl groups excluding tert-OH is 1. The molecule has 1 aromatic carbocycles. The van der Waals surface area contributed by atoms with E-state index in [4.69, 9.17) is 9.47 Å². The highest BCUT2D eigenvalue weighted by Gasteiger charge is 2.21. The van der Waals surface area contributed by atoms with Crippen LogP contribution in [0.15, 0.2) is 18.2 Å². The molecule has 0 aromatic heterocycles. The van der Waals surface area contributed by atoms with Crippen LogP contribution < -0.4 is 4.74 Å². The quantitative estimate of drug-likeness (QED) is 0.888. The third kappa shape index (κ3) is 3.66. The van der Waals surface area contributed by atoms with Gasteiger partial charge in [-0.25, -0.2) is 0 Å². The molecule has 1 saturated heterocycles. The summed E-state index contributed by atoms with van der Waals surface area (Å²) in [5.74, 6) is 0.937. The molecule has 1 aromatic rings. The van der Waals surface area contributed by atoms with E-state index < -0.39 is 6.10 Å². The molecule has 1 aliphatic heterocycles. The van der Waals surface area contributed by atoms with Crippen LogP contribution in [0.3, 0.4) is 0 Å². The molecule has 0 saturated carbocycles. The van der Waals surface area contributed by atoms with Crippen LogP contribution in [-0.2, 0) is 11.2 Å². The van der Waals surface area contributed by atoms with Crippen molar-refractivity contribution in [2.24, 2.45) is 0 Å². The van der Waals surface area contributed by atoms with Crippen LogP contribution in [-0.4, -0.2) is 61.3 Å². The number of fused-ring (bicyclic) bond motifs is 1. The van der Waals surface area contributed by atoms with Crippen LogP contribution in [0, 0.1) is 0 Å². The molecular weight excluding hydrogens is 282 g/mol. The highest BCUT2D eigenvalue weighted by Crippen LogP contribution is 2.29. The van der Waals surface area contributed by atoms with Crippen LogP contribution in [0.4, 0.5) is 0 Å². The van der Waals surface area contributed by atoms with E-state index >= 15 is 0 Å². The zero-order chi connectivity index (χ0) is 15.4. The molecule has 120 valence electrons. The standard InChI is InChI=1S/C17H23NO4/c19-13(11-18-7-9-21-10-8-18)12-22-17-6-2-3-14-15(17)4-1-5-16(14)20/h2-3,6,13,19H,1,4-5,7-12H2. The molecule has 1 heterocycles. The van der Waals surface area contributed by atoms with Gasteiger partial charge in [0.05, 0.1) is 13.2 Å². The van der Waals surface area contributed by atoms with Crippen LogP contribution in [0.25, 0.3) is 0 Å². The molecule has 3 rings (SSSR count). The van der Waals surface area contributed by atoms with Crippen molar-refractivity contribution < 1.29 is 19.4 Å². The van der Waals surface area contributed by atoms with Gasteiger partial charge in [-0.1, -0.05) is 12.1 Å². The average molecular weight is 305 g/mol. The minimum atomic E-state index is -0.534. The molecule has 2 aliphatic rings. The van der Waals surface area contributed by atoms with Gasteiger partial charge in [0.1, 0.15) is 18.5 Å². The number of carbonyl (C=O) groups excluding carboxylic acids is 1. The van der Waals surface area contributed by atoms with Crippen molar-refractivity contribution in [1.82, 2.24) is 4.90 Å². The van der Waals surface area contributed by atoms with Gasteiger partial charge in [-0.05, 0) is 18.9 Å². The highest BCUT2D eigenvalue weighted by molar-refractivity contribution is 5.99. The van der Waals surface area contributed by atoms with E-state index in [1.165, 1.54) is 0 Å². The molecule has 1 unspecified atom stereocenters. The number of morpholine rings is 1. The van der Waals surface area contributed by atoms with Crippen molar-refractivity contribution in [3.8, 4) is 5.75 Å². The molecule has 22 heavy (non-hydrogen) atoms. The summed E-state index contributed by atoms with van der Waals surface area (Å²) in [4.78, 5) is 14.1. The highest BCUT2D eigenvalue weighted by atomic mass is 16.5. The van der Waals surface area contributed by atoms with Crippen molar-refractivity contribution >= 4 is 5.78 Å². The first-order valence-electron chi connectivity index (χ1n) is 8.00. The Kier molecular flexibility index (Phi) is 5.08. The van der Waals surface area contributed by atoms with Gasteiger partial charge in [0.15, 0.2) is 5.78 Å². The molecule has 1 fully saturated rings. The Labute approximate surface area is 130 Å². The second kappa shape index (κ2) is 7.22. The van der Waals surface area contributed by atoms with Crippen LogP contribution in [0.1, 0.15) is 28.8 Å². The van der Waals surface area contributed by atoms with E-state index in [1.807, 2.05) is 18.2 Å². The third-order valence-corrected chi connectivity index (χ3v) is 4.27. The Morgan fingerprint density at radius 1 is 1.27 bits per heavy atom. The monoisotopic (exact) mass is 305 g/mol. The van der Waals surface area contributed by atoms with Crippen LogP contribution in [0.2, 0.25) is 0 Å². The number of carbonyl (C=O) groups is 1.